The van der Waals surface area contributed by atoms with Gasteiger partial charge in [0.05, 0.1) is 11.8 Å². The molecule has 4 aromatic rings. The highest BCUT2D eigenvalue weighted by molar-refractivity contribution is 5.92. The largest absolute Gasteiger partial charge is 0.483 e. The first-order chi connectivity index (χ1) is 13.7. The molecule has 2 aromatic heterocycles. The molecule has 2 aromatic carbocycles. The van der Waals surface area contributed by atoms with Crippen LogP contribution in [0.4, 0.5) is 5.69 Å². The van der Waals surface area contributed by atoms with E-state index in [9.17, 15) is 4.79 Å². The number of hydrogen-bond acceptors (Lipinski definition) is 6. The Bertz CT molecular complexity index is 1070. The third-order valence-electron chi connectivity index (χ3n) is 3.98. The Kier molecular flexibility index (Phi) is 4.88. The first kappa shape index (κ1) is 17.5. The van der Waals surface area contributed by atoms with Crippen molar-refractivity contribution in [1.82, 2.24) is 10.1 Å². The monoisotopic (exact) mass is 375 g/mol. The van der Waals surface area contributed by atoms with E-state index in [1.54, 1.807) is 24.3 Å². The zero-order chi connectivity index (χ0) is 19.3. The van der Waals surface area contributed by atoms with Gasteiger partial charge in [0.15, 0.2) is 12.4 Å². The van der Waals surface area contributed by atoms with Crippen molar-refractivity contribution in [2.75, 3.05) is 11.9 Å². The Morgan fingerprint density at radius 3 is 2.68 bits per heavy atom. The maximum Gasteiger partial charge on any atom is 0.293 e. The Morgan fingerprint density at radius 1 is 1.07 bits per heavy atom. The van der Waals surface area contributed by atoms with Gasteiger partial charge < -0.3 is 19.0 Å². The lowest BCUT2D eigenvalue weighted by Gasteiger charge is -2.10. The molecule has 1 amide bonds. The first-order valence-electron chi connectivity index (χ1n) is 8.65. The average Bonchev–Trinajstić information content (AvgIpc) is 3.40. The van der Waals surface area contributed by atoms with E-state index in [1.807, 2.05) is 43.3 Å². The minimum atomic E-state index is -0.261. The number of amides is 1. The molecule has 0 saturated carbocycles. The summed E-state index contributed by atoms with van der Waals surface area (Å²) >= 11 is 0. The van der Waals surface area contributed by atoms with Gasteiger partial charge in [0, 0.05) is 5.69 Å². The number of nitrogens with zero attached hydrogens (tertiary/aromatic N) is 2. The normalized spacial score (nSPS) is 10.6. The molecule has 0 spiro atoms. The number of carbonyl (C=O) groups excluding carboxylic acids is 1. The van der Waals surface area contributed by atoms with Crippen LogP contribution < -0.4 is 10.1 Å². The van der Waals surface area contributed by atoms with Gasteiger partial charge >= 0.3 is 0 Å². The minimum absolute atomic E-state index is 0.145. The number of furan rings is 1. The lowest BCUT2D eigenvalue weighted by Crippen LogP contribution is -2.20. The number of rotatable bonds is 6. The molecule has 7 heteroatoms. The number of aryl methyl sites for hydroxylation is 1. The molecule has 0 bridgehead atoms. The highest BCUT2D eigenvalue weighted by Crippen LogP contribution is 2.29. The van der Waals surface area contributed by atoms with Gasteiger partial charge in [-0.2, -0.15) is 4.98 Å². The van der Waals surface area contributed by atoms with Gasteiger partial charge in [-0.15, -0.1) is 0 Å². The van der Waals surface area contributed by atoms with E-state index in [0.29, 0.717) is 28.6 Å². The Morgan fingerprint density at radius 2 is 1.89 bits per heavy atom. The summed E-state index contributed by atoms with van der Waals surface area (Å²) in [6, 6.07) is 18.2. The number of anilines is 1. The van der Waals surface area contributed by atoms with Crippen molar-refractivity contribution in [2.24, 2.45) is 0 Å². The van der Waals surface area contributed by atoms with Crippen molar-refractivity contribution >= 4 is 11.6 Å². The third kappa shape index (κ3) is 3.93. The molecule has 0 aliphatic heterocycles. The number of ether oxygens (including phenoxy) is 1. The molecular weight excluding hydrogens is 358 g/mol. The number of benzene rings is 2. The summed E-state index contributed by atoms with van der Waals surface area (Å²) in [6.45, 7) is 1.84. The second-order valence-corrected chi connectivity index (χ2v) is 6.10. The molecule has 7 nitrogen and oxygen atoms in total. The molecule has 4 rings (SSSR count). The van der Waals surface area contributed by atoms with Crippen molar-refractivity contribution in [1.29, 1.82) is 0 Å². The number of hydrogen-bond donors (Lipinski definition) is 1. The van der Waals surface area contributed by atoms with E-state index in [4.69, 9.17) is 13.7 Å². The Labute approximate surface area is 161 Å². The summed E-state index contributed by atoms with van der Waals surface area (Å²) < 4.78 is 16.2. The summed E-state index contributed by atoms with van der Waals surface area (Å²) in [4.78, 5) is 16.5. The lowest BCUT2D eigenvalue weighted by atomic mass is 10.2. The zero-order valence-corrected chi connectivity index (χ0v) is 15.1. The molecule has 0 aliphatic carbocycles. The first-order valence-corrected chi connectivity index (χ1v) is 8.65. The molecular formula is C21H17N3O4. The van der Waals surface area contributed by atoms with Crippen LogP contribution in [0.2, 0.25) is 0 Å². The summed E-state index contributed by atoms with van der Waals surface area (Å²) in [5.41, 5.74) is 2.46. The number of para-hydroxylation sites is 1. The molecule has 0 atom stereocenters. The standard InChI is InChI=1S/C21H17N3O4/c1-14-8-10-15(11-9-14)22-19(25)13-27-17-6-3-2-5-16(17)20-23-21(28-24-20)18-7-4-12-26-18/h2-12H,13H2,1H3,(H,22,25). The molecule has 140 valence electrons. The van der Waals surface area contributed by atoms with Crippen LogP contribution in [0, 0.1) is 6.92 Å². The Balaban J connectivity index is 1.46. The molecule has 0 fully saturated rings. The molecule has 0 radical (unpaired) electrons. The molecule has 2 heterocycles. The van der Waals surface area contributed by atoms with Gasteiger partial charge in [-0.1, -0.05) is 35.0 Å². The molecule has 1 N–H and O–H groups in total. The van der Waals surface area contributed by atoms with Gasteiger partial charge in [0.2, 0.25) is 5.82 Å². The fourth-order valence-electron chi connectivity index (χ4n) is 2.59. The predicted octanol–water partition coefficient (Wildman–Crippen LogP) is 4.32. The number of nitrogens with one attached hydrogen (secondary N) is 1. The maximum atomic E-state index is 12.2. The molecule has 0 aliphatic rings. The van der Waals surface area contributed by atoms with Crippen molar-refractivity contribution < 1.29 is 18.5 Å². The highest BCUT2D eigenvalue weighted by atomic mass is 16.5. The topological polar surface area (TPSA) is 90.4 Å². The van der Waals surface area contributed by atoms with Gasteiger partial charge in [0.1, 0.15) is 5.75 Å². The Hall–Kier alpha value is -3.87. The van der Waals surface area contributed by atoms with Gasteiger partial charge in [-0.3, -0.25) is 4.79 Å². The SMILES string of the molecule is Cc1ccc(NC(=O)COc2ccccc2-c2noc(-c3ccco3)n2)cc1. The second-order valence-electron chi connectivity index (χ2n) is 6.10. The lowest BCUT2D eigenvalue weighted by molar-refractivity contribution is -0.118. The van der Waals surface area contributed by atoms with Gasteiger partial charge in [-0.05, 0) is 43.3 Å². The van der Waals surface area contributed by atoms with Crippen LogP contribution in [0.3, 0.4) is 0 Å². The second kappa shape index (κ2) is 7.79. The van der Waals surface area contributed by atoms with Crippen LogP contribution in [0.25, 0.3) is 23.0 Å². The predicted molar refractivity (Wildman–Crippen MR) is 103 cm³/mol. The average molecular weight is 375 g/mol. The van der Waals surface area contributed by atoms with Crippen LogP contribution in [0.5, 0.6) is 5.75 Å². The summed E-state index contributed by atoms with van der Waals surface area (Å²) in [5, 5.41) is 6.77. The maximum absolute atomic E-state index is 12.2. The van der Waals surface area contributed by atoms with E-state index < -0.39 is 0 Å². The third-order valence-corrected chi connectivity index (χ3v) is 3.98. The molecule has 0 unspecified atom stereocenters. The van der Waals surface area contributed by atoms with Gasteiger partial charge in [-0.25, -0.2) is 0 Å². The van der Waals surface area contributed by atoms with Crippen LogP contribution in [0.15, 0.2) is 75.9 Å². The molecule has 0 saturated heterocycles. The zero-order valence-electron chi connectivity index (χ0n) is 15.1. The van der Waals surface area contributed by atoms with Crippen molar-refractivity contribution in [3.8, 4) is 28.8 Å². The van der Waals surface area contributed by atoms with Crippen LogP contribution >= 0.6 is 0 Å². The number of aromatic nitrogens is 2. The van der Waals surface area contributed by atoms with Crippen molar-refractivity contribution in [3.63, 3.8) is 0 Å². The summed E-state index contributed by atoms with van der Waals surface area (Å²) in [5.74, 6) is 1.32. The quantitative estimate of drug-likeness (QED) is 0.540. The fraction of sp³-hybridized carbons (Fsp3) is 0.0952. The summed E-state index contributed by atoms with van der Waals surface area (Å²) in [6.07, 6.45) is 1.53. The van der Waals surface area contributed by atoms with Crippen LogP contribution in [-0.2, 0) is 4.79 Å². The molecule has 28 heavy (non-hydrogen) atoms. The van der Waals surface area contributed by atoms with E-state index in [2.05, 4.69) is 15.5 Å². The van der Waals surface area contributed by atoms with Gasteiger partial charge in [0.25, 0.3) is 11.8 Å². The fourth-order valence-corrected chi connectivity index (χ4v) is 2.59. The minimum Gasteiger partial charge on any atom is -0.483 e. The number of carbonyl (C=O) groups is 1. The van der Waals surface area contributed by atoms with Crippen LogP contribution in [-0.4, -0.2) is 22.7 Å². The smallest absolute Gasteiger partial charge is 0.293 e. The van der Waals surface area contributed by atoms with E-state index in [0.717, 1.165) is 5.56 Å². The summed E-state index contributed by atoms with van der Waals surface area (Å²) in [7, 11) is 0. The van der Waals surface area contributed by atoms with E-state index in [-0.39, 0.29) is 18.4 Å². The van der Waals surface area contributed by atoms with Crippen LogP contribution in [0.1, 0.15) is 5.56 Å². The van der Waals surface area contributed by atoms with Crippen molar-refractivity contribution in [3.05, 3.63) is 72.5 Å². The highest BCUT2D eigenvalue weighted by Gasteiger charge is 2.16. The van der Waals surface area contributed by atoms with Crippen molar-refractivity contribution in [2.45, 2.75) is 6.92 Å². The van der Waals surface area contributed by atoms with E-state index >= 15 is 0 Å². The van der Waals surface area contributed by atoms with E-state index in [1.165, 1.54) is 6.26 Å².